The molecule has 0 aliphatic carbocycles. The van der Waals surface area contributed by atoms with E-state index in [0.29, 0.717) is 22.9 Å². The molecule has 0 spiro atoms. The SMILES string of the molecule is COc1cc2c(cc1OC)=C(C)N(O)C(c1ccccn1)N=2. The second-order valence-corrected chi connectivity index (χ2v) is 4.91. The lowest BCUT2D eigenvalue weighted by molar-refractivity contribution is -0.0719. The fraction of sp³-hybridized carbons (Fsp3) is 0.250. The fourth-order valence-electron chi connectivity index (χ4n) is 2.48. The zero-order valence-corrected chi connectivity index (χ0v) is 12.6. The largest absolute Gasteiger partial charge is 0.493 e. The van der Waals surface area contributed by atoms with Crippen molar-refractivity contribution in [1.29, 1.82) is 0 Å². The summed E-state index contributed by atoms with van der Waals surface area (Å²) in [7, 11) is 3.16. The lowest BCUT2D eigenvalue weighted by Crippen LogP contribution is -2.40. The van der Waals surface area contributed by atoms with Gasteiger partial charge in [0.05, 0.1) is 31.0 Å². The molecule has 1 aliphatic heterocycles. The minimum Gasteiger partial charge on any atom is -0.493 e. The van der Waals surface area contributed by atoms with Crippen LogP contribution in [0.15, 0.2) is 41.5 Å². The first-order valence-electron chi connectivity index (χ1n) is 6.85. The molecule has 0 saturated heterocycles. The van der Waals surface area contributed by atoms with E-state index < -0.39 is 6.17 Å². The van der Waals surface area contributed by atoms with Gasteiger partial charge in [-0.3, -0.25) is 15.2 Å². The molecule has 1 aliphatic rings. The van der Waals surface area contributed by atoms with E-state index in [1.54, 1.807) is 26.5 Å². The second-order valence-electron chi connectivity index (χ2n) is 4.91. The summed E-state index contributed by atoms with van der Waals surface area (Å²) in [6.07, 6.45) is 1.10. The van der Waals surface area contributed by atoms with Gasteiger partial charge in [0.15, 0.2) is 17.7 Å². The highest BCUT2D eigenvalue weighted by atomic mass is 16.5. The van der Waals surface area contributed by atoms with E-state index in [2.05, 4.69) is 9.98 Å². The number of rotatable bonds is 3. The third-order valence-corrected chi connectivity index (χ3v) is 3.68. The monoisotopic (exact) mass is 299 g/mol. The number of hydrogen-bond donors (Lipinski definition) is 1. The maximum Gasteiger partial charge on any atom is 0.188 e. The number of fused-ring (bicyclic) bond motifs is 1. The molecule has 22 heavy (non-hydrogen) atoms. The van der Waals surface area contributed by atoms with Crippen LogP contribution in [-0.2, 0) is 0 Å². The van der Waals surface area contributed by atoms with Gasteiger partial charge in [-0.2, -0.15) is 0 Å². The van der Waals surface area contributed by atoms with Gasteiger partial charge in [0.2, 0.25) is 0 Å². The Hall–Kier alpha value is -2.60. The molecule has 2 aromatic rings. The van der Waals surface area contributed by atoms with E-state index in [9.17, 15) is 5.21 Å². The number of hydroxylamine groups is 2. The number of methoxy groups -OCH3 is 2. The maximum absolute atomic E-state index is 10.4. The molecule has 0 bridgehead atoms. The van der Waals surface area contributed by atoms with E-state index in [0.717, 1.165) is 15.6 Å². The molecule has 2 heterocycles. The Morgan fingerprint density at radius 1 is 1.14 bits per heavy atom. The van der Waals surface area contributed by atoms with E-state index in [4.69, 9.17) is 9.47 Å². The Kier molecular flexibility index (Phi) is 3.68. The zero-order valence-electron chi connectivity index (χ0n) is 12.6. The van der Waals surface area contributed by atoms with Crippen LogP contribution in [-0.4, -0.2) is 29.5 Å². The minimum absolute atomic E-state index is 0.577. The zero-order chi connectivity index (χ0) is 15.7. The molecular weight excluding hydrogens is 282 g/mol. The first-order chi connectivity index (χ1) is 10.7. The van der Waals surface area contributed by atoms with Crippen LogP contribution in [0.25, 0.3) is 5.70 Å². The predicted octanol–water partition coefficient (Wildman–Crippen LogP) is 1.25. The summed E-state index contributed by atoms with van der Waals surface area (Å²) in [5.74, 6) is 1.20. The molecule has 1 N–H and O–H groups in total. The van der Waals surface area contributed by atoms with Crippen LogP contribution in [0.4, 0.5) is 0 Å². The number of benzene rings is 1. The summed E-state index contributed by atoms with van der Waals surface area (Å²) in [6.45, 7) is 1.83. The summed E-state index contributed by atoms with van der Waals surface area (Å²) in [5, 5.41) is 13.1. The van der Waals surface area contributed by atoms with E-state index in [-0.39, 0.29) is 0 Å². The summed E-state index contributed by atoms with van der Waals surface area (Å²) in [4.78, 5) is 8.86. The lowest BCUT2D eigenvalue weighted by Gasteiger charge is -2.27. The van der Waals surface area contributed by atoms with Crippen molar-refractivity contribution < 1.29 is 14.7 Å². The second kappa shape index (κ2) is 5.65. The molecule has 3 rings (SSSR count). The van der Waals surface area contributed by atoms with Crippen molar-refractivity contribution in [2.75, 3.05) is 14.2 Å². The van der Waals surface area contributed by atoms with Crippen LogP contribution in [0, 0.1) is 0 Å². The van der Waals surface area contributed by atoms with Gasteiger partial charge in [-0.25, -0.2) is 5.06 Å². The van der Waals surface area contributed by atoms with Crippen LogP contribution >= 0.6 is 0 Å². The minimum atomic E-state index is -0.577. The topological polar surface area (TPSA) is 67.2 Å². The Bertz CT molecular complexity index is 805. The number of ether oxygens (including phenoxy) is 2. The summed E-state index contributed by atoms with van der Waals surface area (Å²) >= 11 is 0. The van der Waals surface area contributed by atoms with E-state index in [1.807, 2.05) is 31.2 Å². The normalized spacial score (nSPS) is 16.8. The smallest absolute Gasteiger partial charge is 0.188 e. The third kappa shape index (κ3) is 2.27. The molecule has 1 atom stereocenters. The summed E-state index contributed by atoms with van der Waals surface area (Å²) in [6, 6.07) is 9.14. The maximum atomic E-state index is 10.4. The Labute approximate surface area is 127 Å². The summed E-state index contributed by atoms with van der Waals surface area (Å²) < 4.78 is 10.6. The molecule has 1 unspecified atom stereocenters. The van der Waals surface area contributed by atoms with Gasteiger partial charge in [-0.1, -0.05) is 6.07 Å². The van der Waals surface area contributed by atoms with Crippen LogP contribution in [0.1, 0.15) is 18.8 Å². The molecule has 6 heteroatoms. The Morgan fingerprint density at radius 2 is 1.86 bits per heavy atom. The van der Waals surface area contributed by atoms with Crippen molar-refractivity contribution in [1.82, 2.24) is 10.0 Å². The quantitative estimate of drug-likeness (QED) is 0.924. The number of nitrogens with zero attached hydrogens (tertiary/aromatic N) is 3. The number of aromatic nitrogens is 1. The van der Waals surface area contributed by atoms with Crippen molar-refractivity contribution in [2.24, 2.45) is 4.99 Å². The van der Waals surface area contributed by atoms with Crippen LogP contribution in [0.2, 0.25) is 0 Å². The van der Waals surface area contributed by atoms with Gasteiger partial charge in [0, 0.05) is 17.5 Å². The molecule has 6 nitrogen and oxygen atoms in total. The highest BCUT2D eigenvalue weighted by Gasteiger charge is 2.24. The Morgan fingerprint density at radius 3 is 2.50 bits per heavy atom. The first-order valence-corrected chi connectivity index (χ1v) is 6.85. The van der Waals surface area contributed by atoms with Gasteiger partial charge in [0.25, 0.3) is 0 Å². The average molecular weight is 299 g/mol. The van der Waals surface area contributed by atoms with Crippen molar-refractivity contribution in [2.45, 2.75) is 13.1 Å². The molecule has 0 saturated carbocycles. The third-order valence-electron chi connectivity index (χ3n) is 3.68. The van der Waals surface area contributed by atoms with E-state index >= 15 is 0 Å². The fourth-order valence-corrected chi connectivity index (χ4v) is 2.48. The molecule has 0 radical (unpaired) electrons. The molecule has 1 aromatic heterocycles. The van der Waals surface area contributed by atoms with Gasteiger partial charge < -0.3 is 9.47 Å². The van der Waals surface area contributed by atoms with Crippen LogP contribution < -0.4 is 20.0 Å². The highest BCUT2D eigenvalue weighted by molar-refractivity contribution is 5.48. The molecule has 114 valence electrons. The van der Waals surface area contributed by atoms with Crippen molar-refractivity contribution >= 4 is 5.70 Å². The number of hydrogen-bond acceptors (Lipinski definition) is 6. The standard InChI is InChI=1S/C16H17N3O3/c1-10-11-8-14(21-2)15(22-3)9-13(11)18-16(19(10)20)12-6-4-5-7-17-12/h4-9,16,20H,1-3H3. The van der Waals surface area contributed by atoms with Crippen molar-refractivity contribution in [3.63, 3.8) is 0 Å². The van der Waals surface area contributed by atoms with Gasteiger partial charge in [-0.05, 0) is 25.1 Å². The molecule has 1 aromatic carbocycles. The van der Waals surface area contributed by atoms with Crippen molar-refractivity contribution in [3.05, 3.63) is 52.8 Å². The Balaban J connectivity index is 2.23. The molecule has 0 amide bonds. The predicted molar refractivity (Wildman–Crippen MR) is 80.0 cm³/mol. The van der Waals surface area contributed by atoms with Crippen LogP contribution in [0.5, 0.6) is 11.5 Å². The average Bonchev–Trinajstić information content (AvgIpc) is 2.57. The number of pyridine rings is 1. The molecular formula is C16H17N3O3. The lowest BCUT2D eigenvalue weighted by atomic mass is 10.1. The molecule has 0 fully saturated rings. The highest BCUT2D eigenvalue weighted by Crippen LogP contribution is 2.26. The van der Waals surface area contributed by atoms with Crippen LogP contribution in [0.3, 0.4) is 0 Å². The van der Waals surface area contributed by atoms with E-state index in [1.165, 1.54) is 0 Å². The summed E-state index contributed by atoms with van der Waals surface area (Å²) in [5.41, 5.74) is 1.35. The van der Waals surface area contributed by atoms with Gasteiger partial charge >= 0.3 is 0 Å². The first kappa shape index (κ1) is 14.3. The van der Waals surface area contributed by atoms with Gasteiger partial charge in [0.1, 0.15) is 0 Å². The van der Waals surface area contributed by atoms with Crippen molar-refractivity contribution in [3.8, 4) is 11.5 Å². The van der Waals surface area contributed by atoms with Gasteiger partial charge in [-0.15, -0.1) is 0 Å².